The molecule has 2 aromatic carbocycles. The van der Waals surface area contributed by atoms with Crippen molar-refractivity contribution in [1.29, 1.82) is 0 Å². The molecule has 1 aliphatic heterocycles. The highest BCUT2D eigenvalue weighted by Gasteiger charge is 2.48. The number of carbonyl (C=O) groups is 3. The lowest BCUT2D eigenvalue weighted by molar-refractivity contribution is -0.256. The Morgan fingerprint density at radius 3 is 2.41 bits per heavy atom. The van der Waals surface area contributed by atoms with Gasteiger partial charge in [-0.05, 0) is 51.7 Å². The fourth-order valence-corrected chi connectivity index (χ4v) is 6.10. The summed E-state index contributed by atoms with van der Waals surface area (Å²) in [4.78, 5) is 41.7. The van der Waals surface area contributed by atoms with Crippen molar-refractivity contribution in [3.63, 3.8) is 0 Å². The monoisotopic (exact) mass is 591 g/mol. The van der Waals surface area contributed by atoms with Gasteiger partial charge in [0.2, 0.25) is 5.78 Å². The predicted octanol–water partition coefficient (Wildman–Crippen LogP) is 2.05. The molecule has 3 aliphatic rings. The molecule has 1 fully saturated rings. The van der Waals surface area contributed by atoms with E-state index in [-0.39, 0.29) is 76.8 Å². The van der Waals surface area contributed by atoms with Gasteiger partial charge in [0, 0.05) is 36.4 Å². The molecule has 2 aliphatic carbocycles. The maximum atomic E-state index is 13.7. The van der Waals surface area contributed by atoms with Crippen LogP contribution < -0.4 is 4.74 Å². The summed E-state index contributed by atoms with van der Waals surface area (Å²) in [6, 6.07) is 3.66. The molecular formula is C29H34ClNO10. The first-order valence-corrected chi connectivity index (χ1v) is 13.1. The van der Waals surface area contributed by atoms with Gasteiger partial charge in [0.05, 0.1) is 42.1 Å². The minimum Gasteiger partial charge on any atom is -0.507 e. The molecule has 5 rings (SSSR count). The molecule has 2 aromatic rings. The fraction of sp³-hybridized carbons (Fsp3) is 0.483. The molecule has 0 amide bonds. The third kappa shape index (κ3) is 4.90. The van der Waals surface area contributed by atoms with E-state index in [1.54, 1.807) is 6.92 Å². The number of aliphatic hydroxyl groups excluding tert-OH is 1. The second-order valence-electron chi connectivity index (χ2n) is 11.0. The van der Waals surface area contributed by atoms with E-state index >= 15 is 0 Å². The molecule has 0 radical (unpaired) electrons. The van der Waals surface area contributed by atoms with Crippen LogP contribution in [-0.2, 0) is 20.7 Å². The SMILES string of the molecule is COc1ccc(O)c2c1C(=O)c1c(cc3c(c1O)C(OC1CC(N(C)C)C(O)C(C)O1)CC(O)(C(C)=O)C3)C2=O.Cl. The number of ether oxygens (including phenoxy) is 3. The number of phenolic OH excluding ortho intramolecular Hbond substituents is 2. The van der Waals surface area contributed by atoms with Crippen molar-refractivity contribution in [2.75, 3.05) is 21.2 Å². The van der Waals surface area contributed by atoms with E-state index < -0.39 is 59.1 Å². The van der Waals surface area contributed by atoms with Gasteiger partial charge in [0.25, 0.3) is 0 Å². The number of rotatable bonds is 5. The number of benzene rings is 2. The Labute approximate surface area is 243 Å². The van der Waals surface area contributed by atoms with E-state index in [9.17, 15) is 34.8 Å². The zero-order valence-electron chi connectivity index (χ0n) is 23.3. The number of halogens is 1. The molecular weight excluding hydrogens is 558 g/mol. The first-order chi connectivity index (χ1) is 18.8. The zero-order chi connectivity index (χ0) is 29.3. The Morgan fingerprint density at radius 2 is 1.80 bits per heavy atom. The van der Waals surface area contributed by atoms with E-state index in [0.29, 0.717) is 0 Å². The molecule has 11 nitrogen and oxygen atoms in total. The lowest BCUT2D eigenvalue weighted by Crippen LogP contribution is -2.54. The van der Waals surface area contributed by atoms with Crippen molar-refractivity contribution in [3.05, 3.63) is 51.6 Å². The first kappa shape index (κ1) is 30.9. The quantitative estimate of drug-likeness (QED) is 0.343. The molecule has 1 saturated heterocycles. The van der Waals surface area contributed by atoms with Crippen LogP contribution in [0.25, 0.3) is 0 Å². The number of nitrogens with zero attached hydrogens (tertiary/aromatic N) is 1. The molecule has 0 aromatic heterocycles. The number of fused-ring (bicyclic) bond motifs is 3. The van der Waals surface area contributed by atoms with Crippen molar-refractivity contribution in [2.45, 2.75) is 69.4 Å². The van der Waals surface area contributed by atoms with E-state index in [2.05, 4.69) is 0 Å². The number of phenols is 2. The highest BCUT2D eigenvalue weighted by molar-refractivity contribution is 6.31. The van der Waals surface area contributed by atoms with Crippen molar-refractivity contribution in [3.8, 4) is 17.2 Å². The summed E-state index contributed by atoms with van der Waals surface area (Å²) in [5.41, 5.74) is -2.31. The number of aromatic hydroxyl groups is 2. The van der Waals surface area contributed by atoms with Gasteiger partial charge in [-0.25, -0.2) is 0 Å². The Balaban J connectivity index is 0.00000387. The van der Waals surface area contributed by atoms with E-state index in [0.717, 1.165) is 0 Å². The van der Waals surface area contributed by atoms with Gasteiger partial charge < -0.3 is 39.5 Å². The average molecular weight is 592 g/mol. The highest BCUT2D eigenvalue weighted by Crippen LogP contribution is 2.49. The Morgan fingerprint density at radius 1 is 1.12 bits per heavy atom. The van der Waals surface area contributed by atoms with Gasteiger partial charge in [-0.15, -0.1) is 12.4 Å². The van der Waals surface area contributed by atoms with Crippen LogP contribution in [0.4, 0.5) is 0 Å². The molecule has 1 heterocycles. The zero-order valence-corrected chi connectivity index (χ0v) is 24.2. The van der Waals surface area contributed by atoms with Gasteiger partial charge in [0.1, 0.15) is 22.8 Å². The summed E-state index contributed by atoms with van der Waals surface area (Å²) >= 11 is 0. The third-order valence-electron chi connectivity index (χ3n) is 8.35. The van der Waals surface area contributed by atoms with Gasteiger partial charge in [0.15, 0.2) is 17.9 Å². The van der Waals surface area contributed by atoms with Crippen molar-refractivity contribution in [2.24, 2.45) is 0 Å². The minimum atomic E-state index is -1.87. The van der Waals surface area contributed by atoms with Crippen LogP contribution in [0.3, 0.4) is 0 Å². The Kier molecular flexibility index (Phi) is 8.27. The van der Waals surface area contributed by atoms with E-state index in [1.165, 1.54) is 32.2 Å². The van der Waals surface area contributed by atoms with Gasteiger partial charge in [-0.2, -0.15) is 0 Å². The van der Waals surface area contributed by atoms with Crippen LogP contribution in [0, 0.1) is 0 Å². The van der Waals surface area contributed by atoms with Crippen molar-refractivity contribution in [1.82, 2.24) is 4.90 Å². The number of likely N-dealkylation sites (N-methyl/N-ethyl adjacent to an activating group) is 1. The fourth-order valence-electron chi connectivity index (χ4n) is 6.10. The summed E-state index contributed by atoms with van der Waals surface area (Å²) < 4.78 is 17.4. The van der Waals surface area contributed by atoms with E-state index in [4.69, 9.17) is 14.2 Å². The van der Waals surface area contributed by atoms with Crippen molar-refractivity contribution >= 4 is 29.8 Å². The first-order valence-electron chi connectivity index (χ1n) is 13.1. The number of hydrogen-bond donors (Lipinski definition) is 4. The smallest absolute Gasteiger partial charge is 0.202 e. The lowest BCUT2D eigenvalue weighted by atomic mass is 9.72. The van der Waals surface area contributed by atoms with Gasteiger partial charge in [-0.3, -0.25) is 14.4 Å². The molecule has 4 N–H and O–H groups in total. The van der Waals surface area contributed by atoms with Crippen LogP contribution in [0.2, 0.25) is 0 Å². The molecule has 41 heavy (non-hydrogen) atoms. The predicted molar refractivity (Wildman–Crippen MR) is 147 cm³/mol. The van der Waals surface area contributed by atoms with Crippen LogP contribution in [0.5, 0.6) is 17.2 Å². The van der Waals surface area contributed by atoms with Crippen LogP contribution >= 0.6 is 12.4 Å². The Hall–Kier alpha value is -3.06. The summed E-state index contributed by atoms with van der Waals surface area (Å²) in [7, 11) is 4.96. The van der Waals surface area contributed by atoms with Gasteiger partial charge >= 0.3 is 0 Å². The summed E-state index contributed by atoms with van der Waals surface area (Å²) in [5.74, 6) is -2.82. The standard InChI is InChI=1S/C29H33NO10.ClH/c1-12-25(33)16(30(3)4)9-20(39-12)40-19-11-29(37,13(2)31)10-14-8-15-22(27(35)21(14)19)28(36)24-18(38-5)7-6-17(32)23(24)26(15)34;/h6-8,12,16,19-20,25,32-33,35,37H,9-11H2,1-5H3;1H. The Bertz CT molecular complexity index is 1430. The summed E-state index contributed by atoms with van der Waals surface area (Å²) in [6.45, 7) is 2.95. The number of carbonyl (C=O) groups excluding carboxylic acids is 3. The average Bonchev–Trinajstić information content (AvgIpc) is 2.88. The highest BCUT2D eigenvalue weighted by atomic mass is 35.5. The van der Waals surface area contributed by atoms with E-state index in [1.807, 2.05) is 19.0 Å². The molecule has 0 spiro atoms. The molecule has 0 saturated carbocycles. The topological polar surface area (TPSA) is 163 Å². The third-order valence-corrected chi connectivity index (χ3v) is 8.35. The number of methoxy groups -OCH3 is 1. The second-order valence-corrected chi connectivity index (χ2v) is 11.0. The van der Waals surface area contributed by atoms with Crippen LogP contribution in [-0.4, -0.2) is 94.0 Å². The molecule has 6 unspecified atom stereocenters. The van der Waals surface area contributed by atoms with Crippen molar-refractivity contribution < 1.29 is 49.0 Å². The number of ketones is 3. The minimum absolute atomic E-state index is 0. The normalized spacial score (nSPS) is 28.8. The summed E-state index contributed by atoms with van der Waals surface area (Å²) in [5, 5.41) is 43.9. The molecule has 6 atom stereocenters. The second kappa shape index (κ2) is 11.0. The van der Waals surface area contributed by atoms with Crippen LogP contribution in [0.1, 0.15) is 75.8 Å². The lowest BCUT2D eigenvalue weighted by Gasteiger charge is -2.44. The maximum Gasteiger partial charge on any atom is 0.202 e. The number of aliphatic hydroxyl groups is 2. The van der Waals surface area contributed by atoms with Crippen LogP contribution in [0.15, 0.2) is 18.2 Å². The number of hydrogen-bond acceptors (Lipinski definition) is 11. The number of Topliss-reactive ketones (excluding diaryl/α,β-unsaturated/α-hetero) is 1. The summed E-state index contributed by atoms with van der Waals surface area (Å²) in [6.07, 6.45) is -3.52. The van der Waals surface area contributed by atoms with Gasteiger partial charge in [-0.1, -0.05) is 0 Å². The molecule has 12 heteroatoms. The molecule has 222 valence electrons. The largest absolute Gasteiger partial charge is 0.507 e. The molecule has 0 bridgehead atoms. The maximum absolute atomic E-state index is 13.7.